The molecule has 1 aliphatic rings. The van der Waals surface area contributed by atoms with Gasteiger partial charge in [-0.15, -0.1) is 15.3 Å². The first-order valence-electron chi connectivity index (χ1n) is 6.09. The smallest absolute Gasteiger partial charge is 0.235 e. The van der Waals surface area contributed by atoms with Crippen LogP contribution in [0.2, 0.25) is 0 Å². The van der Waals surface area contributed by atoms with Crippen LogP contribution < -0.4 is 4.74 Å². The van der Waals surface area contributed by atoms with Crippen molar-refractivity contribution in [3.8, 4) is 5.88 Å². The van der Waals surface area contributed by atoms with Gasteiger partial charge in [0.25, 0.3) is 0 Å². The molecule has 0 unspecified atom stereocenters. The van der Waals surface area contributed by atoms with E-state index in [-0.39, 0.29) is 0 Å². The second kappa shape index (κ2) is 3.98. The van der Waals surface area contributed by atoms with E-state index in [0.29, 0.717) is 0 Å². The number of hydrogen-bond acceptors (Lipinski definition) is 4. The minimum Gasteiger partial charge on any atom is -0.480 e. The molecule has 0 aromatic carbocycles. The first-order chi connectivity index (χ1) is 8.31. The summed E-state index contributed by atoms with van der Waals surface area (Å²) < 4.78 is 7.21. The van der Waals surface area contributed by atoms with E-state index < -0.39 is 0 Å². The minimum atomic E-state index is 0.734. The van der Waals surface area contributed by atoms with E-state index in [1.54, 1.807) is 11.6 Å². The molecule has 0 radical (unpaired) electrons. The van der Waals surface area contributed by atoms with Gasteiger partial charge < -0.3 is 4.74 Å². The molecule has 5 heteroatoms. The van der Waals surface area contributed by atoms with Crippen LogP contribution in [0.5, 0.6) is 5.88 Å². The first-order valence-corrected chi connectivity index (χ1v) is 6.09. The Hall–Kier alpha value is -1.65. The highest BCUT2D eigenvalue weighted by molar-refractivity contribution is 5.54. The molecular formula is C12H16N4O. The topological polar surface area (TPSA) is 52.3 Å². The van der Waals surface area contributed by atoms with Gasteiger partial charge >= 0.3 is 0 Å². The minimum absolute atomic E-state index is 0.734. The van der Waals surface area contributed by atoms with Crippen LogP contribution in [0.25, 0.3) is 5.65 Å². The van der Waals surface area contributed by atoms with Crippen molar-refractivity contribution in [1.82, 2.24) is 19.8 Å². The summed E-state index contributed by atoms with van der Waals surface area (Å²) in [5, 5.41) is 12.8. The van der Waals surface area contributed by atoms with Gasteiger partial charge in [0.2, 0.25) is 5.88 Å². The van der Waals surface area contributed by atoms with E-state index >= 15 is 0 Å². The molecule has 0 atom stereocenters. The van der Waals surface area contributed by atoms with Crippen LogP contribution >= 0.6 is 0 Å². The number of methoxy groups -OCH3 is 1. The van der Waals surface area contributed by atoms with Crippen molar-refractivity contribution in [2.24, 2.45) is 0 Å². The molecule has 0 bridgehead atoms. The quantitative estimate of drug-likeness (QED) is 0.702. The maximum absolute atomic E-state index is 5.41. The van der Waals surface area contributed by atoms with E-state index in [1.165, 1.54) is 30.4 Å². The van der Waals surface area contributed by atoms with Gasteiger partial charge in [0, 0.05) is 11.1 Å². The molecule has 0 saturated carbocycles. The summed E-state index contributed by atoms with van der Waals surface area (Å²) in [6.45, 7) is 1.91. The Kier molecular flexibility index (Phi) is 2.46. The van der Waals surface area contributed by atoms with Gasteiger partial charge in [-0.05, 0) is 32.6 Å². The number of nitrogens with zero attached hydrogens (tertiary/aromatic N) is 4. The van der Waals surface area contributed by atoms with Gasteiger partial charge in [-0.3, -0.25) is 0 Å². The molecule has 5 nitrogen and oxygen atoms in total. The molecule has 2 aromatic heterocycles. The predicted octanol–water partition coefficient (Wildman–Crippen LogP) is 1.71. The average molecular weight is 232 g/mol. The van der Waals surface area contributed by atoms with Crippen molar-refractivity contribution < 1.29 is 4.74 Å². The molecule has 0 fully saturated rings. The molecule has 3 rings (SSSR count). The molecule has 1 aliphatic carbocycles. The Labute approximate surface area is 99.8 Å². The maximum atomic E-state index is 5.41. The summed E-state index contributed by atoms with van der Waals surface area (Å²) in [7, 11) is 1.68. The van der Waals surface area contributed by atoms with Gasteiger partial charge in [0.1, 0.15) is 0 Å². The van der Waals surface area contributed by atoms with Crippen molar-refractivity contribution in [2.45, 2.75) is 39.0 Å². The SMILES string of the molecule is COc1nn2c(C)nnc2c2c1CCCCC2. The summed E-state index contributed by atoms with van der Waals surface area (Å²) in [5.41, 5.74) is 3.40. The lowest BCUT2D eigenvalue weighted by atomic mass is 10.1. The lowest BCUT2D eigenvalue weighted by Crippen LogP contribution is -2.06. The molecular weight excluding hydrogens is 216 g/mol. The van der Waals surface area contributed by atoms with Gasteiger partial charge in [-0.2, -0.15) is 4.52 Å². The van der Waals surface area contributed by atoms with Crippen LogP contribution in [0.4, 0.5) is 0 Å². The molecule has 0 amide bonds. The van der Waals surface area contributed by atoms with Crippen LogP contribution in [0.1, 0.15) is 36.2 Å². The maximum Gasteiger partial charge on any atom is 0.235 e. The van der Waals surface area contributed by atoms with Crippen molar-refractivity contribution in [1.29, 1.82) is 0 Å². The van der Waals surface area contributed by atoms with E-state index in [2.05, 4.69) is 15.3 Å². The van der Waals surface area contributed by atoms with E-state index in [9.17, 15) is 0 Å². The van der Waals surface area contributed by atoms with Gasteiger partial charge in [-0.25, -0.2) is 0 Å². The molecule has 2 heterocycles. The van der Waals surface area contributed by atoms with Crippen molar-refractivity contribution in [2.75, 3.05) is 7.11 Å². The summed E-state index contributed by atoms with van der Waals surface area (Å²) in [5.74, 6) is 1.54. The molecule has 0 aliphatic heterocycles. The zero-order chi connectivity index (χ0) is 11.8. The number of hydrogen-bond donors (Lipinski definition) is 0. The Morgan fingerprint density at radius 3 is 2.59 bits per heavy atom. The van der Waals surface area contributed by atoms with Gasteiger partial charge in [0.15, 0.2) is 11.5 Å². The van der Waals surface area contributed by atoms with Gasteiger partial charge in [-0.1, -0.05) is 6.42 Å². The third kappa shape index (κ3) is 1.57. The second-order valence-electron chi connectivity index (χ2n) is 4.51. The molecule has 0 N–H and O–H groups in total. The monoisotopic (exact) mass is 232 g/mol. The zero-order valence-electron chi connectivity index (χ0n) is 10.2. The highest BCUT2D eigenvalue weighted by atomic mass is 16.5. The largest absolute Gasteiger partial charge is 0.480 e. The number of rotatable bonds is 1. The van der Waals surface area contributed by atoms with E-state index in [4.69, 9.17) is 4.74 Å². The summed E-state index contributed by atoms with van der Waals surface area (Å²) in [6, 6.07) is 0. The number of aromatic nitrogens is 4. The normalized spacial score (nSPS) is 15.6. The van der Waals surface area contributed by atoms with Crippen LogP contribution in [-0.4, -0.2) is 26.9 Å². The van der Waals surface area contributed by atoms with Crippen LogP contribution in [0, 0.1) is 6.92 Å². The van der Waals surface area contributed by atoms with E-state index in [0.717, 1.165) is 30.2 Å². The summed E-state index contributed by atoms with van der Waals surface area (Å²) >= 11 is 0. The Bertz CT molecular complexity index is 561. The standard InChI is InChI=1S/C12H16N4O/c1-8-13-14-11-9-6-4-3-5-7-10(9)12(17-2)15-16(8)11/h3-7H2,1-2H3. The van der Waals surface area contributed by atoms with Crippen LogP contribution in [0.3, 0.4) is 0 Å². The third-order valence-electron chi connectivity index (χ3n) is 3.43. The molecule has 0 spiro atoms. The van der Waals surface area contributed by atoms with Crippen LogP contribution in [-0.2, 0) is 12.8 Å². The van der Waals surface area contributed by atoms with E-state index in [1.807, 2.05) is 6.92 Å². The molecule has 90 valence electrons. The fourth-order valence-electron chi connectivity index (χ4n) is 2.55. The Balaban J connectivity index is 2.32. The van der Waals surface area contributed by atoms with Crippen molar-refractivity contribution >= 4 is 5.65 Å². The molecule has 2 aromatic rings. The zero-order valence-corrected chi connectivity index (χ0v) is 10.2. The first kappa shape index (κ1) is 10.5. The number of ether oxygens (including phenoxy) is 1. The third-order valence-corrected chi connectivity index (χ3v) is 3.43. The summed E-state index contributed by atoms with van der Waals surface area (Å²) in [6.07, 6.45) is 5.76. The lowest BCUT2D eigenvalue weighted by Gasteiger charge is -2.11. The fourth-order valence-corrected chi connectivity index (χ4v) is 2.55. The highest BCUT2D eigenvalue weighted by Gasteiger charge is 2.20. The Morgan fingerprint density at radius 1 is 1.06 bits per heavy atom. The Morgan fingerprint density at radius 2 is 1.82 bits per heavy atom. The second-order valence-corrected chi connectivity index (χ2v) is 4.51. The average Bonchev–Trinajstić information content (AvgIpc) is 2.58. The van der Waals surface area contributed by atoms with Gasteiger partial charge in [0.05, 0.1) is 7.11 Å². The van der Waals surface area contributed by atoms with Crippen molar-refractivity contribution in [3.05, 3.63) is 17.0 Å². The summed E-state index contributed by atoms with van der Waals surface area (Å²) in [4.78, 5) is 0. The number of aryl methyl sites for hydroxylation is 2. The predicted molar refractivity (Wildman–Crippen MR) is 63.3 cm³/mol. The highest BCUT2D eigenvalue weighted by Crippen LogP contribution is 2.29. The molecule has 0 saturated heterocycles. The molecule has 17 heavy (non-hydrogen) atoms. The fraction of sp³-hybridized carbons (Fsp3) is 0.583. The number of fused-ring (bicyclic) bond motifs is 3. The lowest BCUT2D eigenvalue weighted by molar-refractivity contribution is 0.383. The van der Waals surface area contributed by atoms with Crippen LogP contribution in [0.15, 0.2) is 0 Å². The van der Waals surface area contributed by atoms with Crippen molar-refractivity contribution in [3.63, 3.8) is 0 Å².